The van der Waals surface area contributed by atoms with Gasteiger partial charge in [-0.1, -0.05) is 62.7 Å². The zero-order valence-corrected chi connectivity index (χ0v) is 11.1. The van der Waals surface area contributed by atoms with Crippen molar-refractivity contribution >= 4 is 0 Å². The molecule has 0 fully saturated rings. The van der Waals surface area contributed by atoms with E-state index in [0.29, 0.717) is 5.88 Å². The highest BCUT2D eigenvalue weighted by molar-refractivity contribution is 4.96. The molecule has 0 aliphatic carbocycles. The lowest BCUT2D eigenvalue weighted by atomic mass is 9.98. The third-order valence-corrected chi connectivity index (χ3v) is 3.02. The van der Waals surface area contributed by atoms with Crippen LogP contribution in [-0.2, 0) is 0 Å². The van der Waals surface area contributed by atoms with Crippen LogP contribution in [0.2, 0.25) is 0 Å². The van der Waals surface area contributed by atoms with Gasteiger partial charge in [0.2, 0.25) is 0 Å². The Labute approximate surface area is 104 Å². The molecule has 1 aromatic rings. The first-order valence-electron chi connectivity index (χ1n) is 6.82. The van der Waals surface area contributed by atoms with Crippen LogP contribution in [0.3, 0.4) is 0 Å². The van der Waals surface area contributed by atoms with Crippen molar-refractivity contribution in [3.05, 3.63) is 6.20 Å². The van der Waals surface area contributed by atoms with Gasteiger partial charge in [0, 0.05) is 0 Å². The van der Waals surface area contributed by atoms with Crippen molar-refractivity contribution in [2.45, 2.75) is 58.8 Å². The van der Waals surface area contributed by atoms with E-state index in [2.05, 4.69) is 29.3 Å². The third-order valence-electron chi connectivity index (χ3n) is 3.02. The average Bonchev–Trinajstić information content (AvgIpc) is 2.81. The van der Waals surface area contributed by atoms with Crippen molar-refractivity contribution in [1.29, 1.82) is 0 Å². The van der Waals surface area contributed by atoms with Crippen LogP contribution in [0.4, 0.5) is 0 Å². The highest BCUT2D eigenvalue weighted by Gasteiger charge is 2.00. The van der Waals surface area contributed by atoms with Crippen LogP contribution in [0.15, 0.2) is 6.20 Å². The predicted molar refractivity (Wildman–Crippen MR) is 69.0 cm³/mol. The van der Waals surface area contributed by atoms with Gasteiger partial charge in [-0.25, -0.2) is 0 Å². The molecule has 0 bridgehead atoms. The minimum absolute atomic E-state index is 0.599. The van der Waals surface area contributed by atoms with Crippen LogP contribution in [0.1, 0.15) is 58.8 Å². The molecule has 0 aliphatic rings. The summed E-state index contributed by atoms with van der Waals surface area (Å²) in [6, 6.07) is 0. The van der Waals surface area contributed by atoms with Gasteiger partial charge >= 0.3 is 0 Å². The second-order valence-electron chi connectivity index (χ2n) is 4.76. The van der Waals surface area contributed by atoms with Gasteiger partial charge in [-0.2, -0.15) is 0 Å². The molecule has 1 N–H and O–H groups in total. The lowest BCUT2D eigenvalue weighted by Gasteiger charge is -2.09. The van der Waals surface area contributed by atoms with E-state index in [1.165, 1.54) is 38.5 Å². The fourth-order valence-electron chi connectivity index (χ4n) is 2.02. The number of aromatic amines is 1. The van der Waals surface area contributed by atoms with Crippen molar-refractivity contribution in [3.8, 4) is 5.88 Å². The van der Waals surface area contributed by atoms with Crippen LogP contribution in [0, 0.1) is 5.92 Å². The van der Waals surface area contributed by atoms with Gasteiger partial charge in [0.15, 0.2) is 0 Å². The van der Waals surface area contributed by atoms with E-state index in [1.54, 1.807) is 6.20 Å². The molecule has 17 heavy (non-hydrogen) atoms. The summed E-state index contributed by atoms with van der Waals surface area (Å²) >= 11 is 0. The molecule has 0 saturated heterocycles. The van der Waals surface area contributed by atoms with E-state index in [9.17, 15) is 0 Å². The van der Waals surface area contributed by atoms with Gasteiger partial charge in [-0.05, 0) is 12.3 Å². The van der Waals surface area contributed by atoms with Crippen molar-refractivity contribution in [1.82, 2.24) is 15.4 Å². The number of hydrogen-bond acceptors (Lipinski definition) is 3. The van der Waals surface area contributed by atoms with E-state index in [4.69, 9.17) is 4.74 Å². The lowest BCUT2D eigenvalue weighted by molar-refractivity contribution is 0.292. The van der Waals surface area contributed by atoms with Crippen molar-refractivity contribution < 1.29 is 4.74 Å². The molecular weight excluding hydrogens is 214 g/mol. The third kappa shape index (κ3) is 6.97. The van der Waals surface area contributed by atoms with Crippen LogP contribution in [0.25, 0.3) is 0 Å². The number of nitrogens with one attached hydrogen (secondary N) is 1. The molecule has 4 nitrogen and oxygen atoms in total. The monoisotopic (exact) mass is 239 g/mol. The van der Waals surface area contributed by atoms with Gasteiger partial charge in [0.1, 0.15) is 0 Å². The molecule has 98 valence electrons. The van der Waals surface area contributed by atoms with Crippen LogP contribution < -0.4 is 4.74 Å². The van der Waals surface area contributed by atoms with E-state index in [-0.39, 0.29) is 0 Å². The maximum absolute atomic E-state index is 5.41. The number of unbranched alkanes of at least 4 members (excludes halogenated alkanes) is 3. The Morgan fingerprint density at radius 3 is 2.76 bits per heavy atom. The first-order chi connectivity index (χ1) is 8.33. The fraction of sp³-hybridized carbons (Fsp3) is 0.846. The number of aromatic nitrogens is 3. The molecular formula is C13H25N3O. The summed E-state index contributed by atoms with van der Waals surface area (Å²) in [5.41, 5.74) is 0. The quantitative estimate of drug-likeness (QED) is 0.635. The average molecular weight is 239 g/mol. The Kier molecular flexibility index (Phi) is 7.43. The number of H-pyrrole nitrogens is 1. The molecule has 0 saturated carbocycles. The minimum atomic E-state index is 0.599. The Balaban J connectivity index is 1.84. The molecule has 1 rings (SSSR count). The molecule has 1 unspecified atom stereocenters. The summed E-state index contributed by atoms with van der Waals surface area (Å²) in [5.74, 6) is 1.49. The van der Waals surface area contributed by atoms with Gasteiger partial charge in [0.05, 0.1) is 12.8 Å². The molecule has 4 heteroatoms. The summed E-state index contributed by atoms with van der Waals surface area (Å²) in [4.78, 5) is 0. The Bertz CT molecular complexity index is 262. The predicted octanol–water partition coefficient (Wildman–Crippen LogP) is 3.57. The number of rotatable bonds is 10. The molecule has 0 spiro atoms. The first kappa shape index (κ1) is 14.0. The second-order valence-corrected chi connectivity index (χ2v) is 4.76. The highest BCUT2D eigenvalue weighted by Crippen LogP contribution is 2.15. The largest absolute Gasteiger partial charge is 0.475 e. The van der Waals surface area contributed by atoms with Crippen molar-refractivity contribution in [2.24, 2.45) is 5.92 Å². The minimum Gasteiger partial charge on any atom is -0.475 e. The van der Waals surface area contributed by atoms with Crippen LogP contribution in [-0.4, -0.2) is 22.0 Å². The SMILES string of the molecule is CCCC(C)CCCCCCOc1c[nH]nn1. The fourth-order valence-corrected chi connectivity index (χ4v) is 2.02. The van der Waals surface area contributed by atoms with E-state index >= 15 is 0 Å². The summed E-state index contributed by atoms with van der Waals surface area (Å²) in [6.07, 6.45) is 10.7. The smallest absolute Gasteiger partial charge is 0.253 e. The zero-order chi connectivity index (χ0) is 12.3. The Hall–Kier alpha value is -1.06. The standard InChI is InChI=1S/C13H25N3O/c1-3-8-12(2)9-6-4-5-7-10-17-13-11-14-16-15-13/h11-12H,3-10H2,1-2H3,(H,14,15,16). The highest BCUT2D eigenvalue weighted by atomic mass is 16.5. The van der Waals surface area contributed by atoms with E-state index < -0.39 is 0 Å². The molecule has 1 atom stereocenters. The number of nitrogens with zero attached hydrogens (tertiary/aromatic N) is 2. The van der Waals surface area contributed by atoms with E-state index in [1.807, 2.05) is 0 Å². The van der Waals surface area contributed by atoms with Gasteiger partial charge in [0.25, 0.3) is 5.88 Å². The maximum atomic E-state index is 5.41. The maximum Gasteiger partial charge on any atom is 0.253 e. The molecule has 0 radical (unpaired) electrons. The summed E-state index contributed by atoms with van der Waals surface area (Å²) in [6.45, 7) is 5.37. The van der Waals surface area contributed by atoms with Gasteiger partial charge in [-0.15, -0.1) is 0 Å². The van der Waals surface area contributed by atoms with Gasteiger partial charge < -0.3 is 4.74 Å². The number of hydrogen-bond donors (Lipinski definition) is 1. The topological polar surface area (TPSA) is 50.8 Å². The molecule has 0 amide bonds. The Morgan fingerprint density at radius 2 is 2.06 bits per heavy atom. The van der Waals surface area contributed by atoms with Crippen LogP contribution >= 0.6 is 0 Å². The molecule has 1 heterocycles. The Morgan fingerprint density at radius 1 is 1.24 bits per heavy atom. The molecule has 0 aromatic carbocycles. The first-order valence-corrected chi connectivity index (χ1v) is 6.82. The molecule has 0 aliphatic heterocycles. The zero-order valence-electron chi connectivity index (χ0n) is 11.1. The van der Waals surface area contributed by atoms with Crippen LogP contribution in [0.5, 0.6) is 5.88 Å². The summed E-state index contributed by atoms with van der Waals surface area (Å²) in [7, 11) is 0. The van der Waals surface area contributed by atoms with Gasteiger partial charge in [-0.3, -0.25) is 5.10 Å². The number of ether oxygens (including phenoxy) is 1. The summed E-state index contributed by atoms with van der Waals surface area (Å²) in [5, 5.41) is 9.98. The van der Waals surface area contributed by atoms with Crippen molar-refractivity contribution in [2.75, 3.05) is 6.61 Å². The summed E-state index contributed by atoms with van der Waals surface area (Å²) < 4.78 is 5.41. The lowest BCUT2D eigenvalue weighted by Crippen LogP contribution is -1.98. The second kappa shape index (κ2) is 9.02. The van der Waals surface area contributed by atoms with E-state index in [0.717, 1.165) is 18.9 Å². The molecule has 1 aromatic heterocycles. The normalized spacial score (nSPS) is 12.6. The van der Waals surface area contributed by atoms with Crippen molar-refractivity contribution in [3.63, 3.8) is 0 Å².